The van der Waals surface area contributed by atoms with Crippen molar-refractivity contribution >= 4 is 38.6 Å². The molecule has 0 atom stereocenters. The molecule has 0 radical (unpaired) electrons. The SMILES string of the molecule is c1ccc(-c2cccc(-c3ccccc3)c2N(c2cccc(-c3ccc4c(c3)c(-c3ccccc3)c(-c3ccccc3)c3ccccc34)c2)c2ccc3c(c2)-c2ccccc2C3(c2ccccc2)c2ccccc2)cc1. The molecule has 1 aliphatic carbocycles. The van der Waals surface area contributed by atoms with Crippen LogP contribution >= 0.6 is 0 Å². The van der Waals surface area contributed by atoms with E-state index in [4.69, 9.17) is 0 Å². The molecule has 0 saturated heterocycles. The minimum Gasteiger partial charge on any atom is -0.309 e. The number of para-hydroxylation sites is 1. The van der Waals surface area contributed by atoms with Crippen molar-refractivity contribution < 1.29 is 0 Å². The van der Waals surface area contributed by atoms with Crippen LogP contribution in [0.2, 0.25) is 0 Å². The molecule has 13 aromatic carbocycles. The topological polar surface area (TPSA) is 3.24 Å². The molecule has 0 N–H and O–H groups in total. The number of anilines is 3. The Morgan fingerprint density at radius 2 is 0.645 bits per heavy atom. The quantitative estimate of drug-likeness (QED) is 0.123. The molecular formula is C75H51N. The van der Waals surface area contributed by atoms with E-state index < -0.39 is 5.41 Å². The second-order valence-electron chi connectivity index (χ2n) is 19.9. The average Bonchev–Trinajstić information content (AvgIpc) is 3.89. The highest BCUT2D eigenvalue weighted by atomic mass is 15.1. The molecule has 1 aliphatic rings. The number of fused-ring (bicyclic) bond motifs is 6. The maximum atomic E-state index is 2.53. The number of benzene rings is 13. The zero-order valence-electron chi connectivity index (χ0n) is 41.9. The second-order valence-corrected chi connectivity index (χ2v) is 19.9. The molecule has 0 heterocycles. The fraction of sp³-hybridized carbons (Fsp3) is 0.0133. The second kappa shape index (κ2) is 18.9. The van der Waals surface area contributed by atoms with Gasteiger partial charge in [0.25, 0.3) is 0 Å². The van der Waals surface area contributed by atoms with Crippen molar-refractivity contribution in [1.29, 1.82) is 0 Å². The molecule has 0 aromatic heterocycles. The van der Waals surface area contributed by atoms with E-state index in [0.29, 0.717) is 0 Å². The van der Waals surface area contributed by atoms with E-state index in [2.05, 4.69) is 314 Å². The van der Waals surface area contributed by atoms with Gasteiger partial charge in [-0.25, -0.2) is 0 Å². The van der Waals surface area contributed by atoms with Crippen molar-refractivity contribution in [3.05, 3.63) is 332 Å². The Morgan fingerprint density at radius 3 is 1.25 bits per heavy atom. The molecule has 0 fully saturated rings. The maximum absolute atomic E-state index is 2.53. The number of hydrogen-bond donors (Lipinski definition) is 0. The lowest BCUT2D eigenvalue weighted by Crippen LogP contribution is -2.28. The molecule has 1 heteroatoms. The first kappa shape index (κ1) is 44.8. The molecule has 13 aromatic rings. The lowest BCUT2D eigenvalue weighted by atomic mass is 9.68. The monoisotopic (exact) mass is 965 g/mol. The van der Waals surface area contributed by atoms with E-state index in [1.165, 1.54) is 77.2 Å². The fourth-order valence-corrected chi connectivity index (χ4v) is 12.5. The summed E-state index contributed by atoms with van der Waals surface area (Å²) in [5, 5.41) is 4.95. The van der Waals surface area contributed by atoms with Gasteiger partial charge in [-0.05, 0) is 130 Å². The van der Waals surface area contributed by atoms with E-state index in [1.807, 2.05) is 0 Å². The zero-order valence-corrected chi connectivity index (χ0v) is 41.9. The largest absolute Gasteiger partial charge is 0.309 e. The van der Waals surface area contributed by atoms with Crippen LogP contribution in [0, 0.1) is 0 Å². The summed E-state index contributed by atoms with van der Waals surface area (Å²) in [7, 11) is 0. The molecule has 1 nitrogen and oxygen atoms in total. The Balaban J connectivity index is 1.03. The van der Waals surface area contributed by atoms with Crippen LogP contribution in [0.5, 0.6) is 0 Å². The Hall–Kier alpha value is -9.82. The van der Waals surface area contributed by atoms with Gasteiger partial charge < -0.3 is 4.90 Å². The van der Waals surface area contributed by atoms with Crippen LogP contribution in [0.1, 0.15) is 22.3 Å². The summed E-state index contributed by atoms with van der Waals surface area (Å²) in [6.45, 7) is 0. The normalized spacial score (nSPS) is 12.3. The Bertz CT molecular complexity index is 4150. The first-order valence-electron chi connectivity index (χ1n) is 26.3. The first-order chi connectivity index (χ1) is 37.7. The highest BCUT2D eigenvalue weighted by Gasteiger charge is 2.46. The Kier molecular flexibility index (Phi) is 11.2. The van der Waals surface area contributed by atoms with Gasteiger partial charge in [0, 0.05) is 22.5 Å². The average molecular weight is 966 g/mol. The maximum Gasteiger partial charge on any atom is 0.0713 e. The van der Waals surface area contributed by atoms with Crippen LogP contribution < -0.4 is 4.90 Å². The van der Waals surface area contributed by atoms with E-state index in [0.717, 1.165) is 50.4 Å². The van der Waals surface area contributed by atoms with Gasteiger partial charge in [0.1, 0.15) is 0 Å². The summed E-state index contributed by atoms with van der Waals surface area (Å²) in [4.78, 5) is 2.53. The van der Waals surface area contributed by atoms with Crippen molar-refractivity contribution in [2.24, 2.45) is 0 Å². The predicted octanol–water partition coefficient (Wildman–Crippen LogP) is 20.2. The summed E-state index contributed by atoms with van der Waals surface area (Å²) >= 11 is 0. The van der Waals surface area contributed by atoms with Crippen molar-refractivity contribution in [3.63, 3.8) is 0 Å². The van der Waals surface area contributed by atoms with E-state index in [9.17, 15) is 0 Å². The minimum absolute atomic E-state index is 0.519. The van der Waals surface area contributed by atoms with Gasteiger partial charge in [-0.1, -0.05) is 279 Å². The molecular weight excluding hydrogens is 915 g/mol. The summed E-state index contributed by atoms with van der Waals surface area (Å²) in [6.07, 6.45) is 0. The first-order valence-corrected chi connectivity index (χ1v) is 26.3. The lowest BCUT2D eigenvalue weighted by molar-refractivity contribution is 0.768. The van der Waals surface area contributed by atoms with Crippen molar-refractivity contribution in [2.75, 3.05) is 4.90 Å². The zero-order chi connectivity index (χ0) is 50.4. The molecule has 0 bridgehead atoms. The van der Waals surface area contributed by atoms with E-state index in [-0.39, 0.29) is 0 Å². The van der Waals surface area contributed by atoms with Crippen molar-refractivity contribution in [2.45, 2.75) is 5.41 Å². The summed E-state index contributed by atoms with van der Waals surface area (Å²) < 4.78 is 0. The van der Waals surface area contributed by atoms with Crippen LogP contribution in [0.15, 0.2) is 309 Å². The molecule has 0 aliphatic heterocycles. The molecule has 0 amide bonds. The van der Waals surface area contributed by atoms with Crippen molar-refractivity contribution in [3.8, 4) is 66.8 Å². The van der Waals surface area contributed by atoms with Gasteiger partial charge in [0.15, 0.2) is 0 Å². The van der Waals surface area contributed by atoms with Crippen LogP contribution in [-0.2, 0) is 5.41 Å². The minimum atomic E-state index is -0.519. The molecule has 0 saturated carbocycles. The van der Waals surface area contributed by atoms with Crippen LogP contribution in [0.3, 0.4) is 0 Å². The van der Waals surface area contributed by atoms with E-state index in [1.54, 1.807) is 0 Å². The van der Waals surface area contributed by atoms with Crippen molar-refractivity contribution in [1.82, 2.24) is 0 Å². The van der Waals surface area contributed by atoms with Crippen LogP contribution in [0.25, 0.3) is 88.3 Å². The van der Waals surface area contributed by atoms with Gasteiger partial charge in [0.05, 0.1) is 11.1 Å². The number of hydrogen-bond acceptors (Lipinski definition) is 1. The van der Waals surface area contributed by atoms with Crippen LogP contribution in [-0.4, -0.2) is 0 Å². The summed E-state index contributed by atoms with van der Waals surface area (Å²) in [5.41, 5.74) is 22.0. The van der Waals surface area contributed by atoms with Gasteiger partial charge in [-0.15, -0.1) is 0 Å². The molecule has 0 spiro atoms. The summed E-state index contributed by atoms with van der Waals surface area (Å²) in [5.74, 6) is 0. The third-order valence-electron chi connectivity index (χ3n) is 15.7. The molecule has 0 unspecified atom stereocenters. The van der Waals surface area contributed by atoms with E-state index >= 15 is 0 Å². The van der Waals surface area contributed by atoms with Gasteiger partial charge in [-0.3, -0.25) is 0 Å². The Labute approximate surface area is 444 Å². The molecule has 14 rings (SSSR count). The lowest BCUT2D eigenvalue weighted by Gasteiger charge is -2.34. The third kappa shape index (κ3) is 7.39. The third-order valence-corrected chi connectivity index (χ3v) is 15.7. The molecule has 356 valence electrons. The van der Waals surface area contributed by atoms with Gasteiger partial charge in [0.2, 0.25) is 0 Å². The fourth-order valence-electron chi connectivity index (χ4n) is 12.5. The summed E-state index contributed by atoms with van der Waals surface area (Å²) in [6, 6.07) is 114. The van der Waals surface area contributed by atoms with Crippen LogP contribution in [0.4, 0.5) is 17.1 Å². The van der Waals surface area contributed by atoms with Gasteiger partial charge in [-0.2, -0.15) is 0 Å². The smallest absolute Gasteiger partial charge is 0.0713 e. The number of nitrogens with zero attached hydrogens (tertiary/aromatic N) is 1. The number of rotatable bonds is 10. The standard InChI is InChI=1S/C75H51N/c1-7-25-52(26-8-1)62-42-24-43-63(53-27-9-2-10-28-53)74(62)76(61-46-48-71-68(51-61)66-40-21-22-44-70(66)75(71,58-34-15-5-16-35-58)59-36-17-6-18-37-59)60-38-23-33-56(49-60)57-45-47-65-64-39-19-20-41-67(64)72(54-29-11-3-12-30-54)73(69(65)50-57)55-31-13-4-14-32-55/h1-51H. The highest BCUT2D eigenvalue weighted by Crippen LogP contribution is 2.58. The highest BCUT2D eigenvalue weighted by molar-refractivity contribution is 6.22. The molecule has 76 heavy (non-hydrogen) atoms. The predicted molar refractivity (Wildman–Crippen MR) is 321 cm³/mol. The van der Waals surface area contributed by atoms with Gasteiger partial charge >= 0.3 is 0 Å². The Morgan fingerprint density at radius 1 is 0.224 bits per heavy atom.